The van der Waals surface area contributed by atoms with Crippen LogP contribution >= 0.6 is 23.5 Å². The quantitative estimate of drug-likeness (QED) is 0.761. The van der Waals surface area contributed by atoms with E-state index in [1.165, 1.54) is 0 Å². The summed E-state index contributed by atoms with van der Waals surface area (Å²) in [5.41, 5.74) is 2.31. The van der Waals surface area contributed by atoms with E-state index in [2.05, 4.69) is 6.07 Å². The van der Waals surface area contributed by atoms with E-state index in [1.54, 1.807) is 23.5 Å². The Hall–Kier alpha value is -0.280. The van der Waals surface area contributed by atoms with Gasteiger partial charge < -0.3 is 5.11 Å². The van der Waals surface area contributed by atoms with E-state index in [1.807, 2.05) is 26.4 Å². The fourth-order valence-electron chi connectivity index (χ4n) is 1.45. The molecule has 0 saturated carbocycles. The maximum Gasteiger partial charge on any atom is 0.143 e. The first-order valence-electron chi connectivity index (χ1n) is 4.03. The number of thioether (sulfide) groups is 2. The third-order valence-electron chi connectivity index (χ3n) is 1.99. The molecule has 0 unspecified atom stereocenters. The Morgan fingerprint density at radius 3 is 1.69 bits per heavy atom. The molecule has 0 bridgehead atoms. The van der Waals surface area contributed by atoms with Crippen LogP contribution in [0.25, 0.3) is 0 Å². The zero-order chi connectivity index (χ0) is 10.0. The van der Waals surface area contributed by atoms with Crippen LogP contribution in [0.5, 0.6) is 5.75 Å². The van der Waals surface area contributed by atoms with Gasteiger partial charge in [-0.05, 0) is 37.5 Å². The second-order valence-corrected chi connectivity index (χ2v) is 4.56. The topological polar surface area (TPSA) is 20.2 Å². The maximum atomic E-state index is 9.91. The van der Waals surface area contributed by atoms with E-state index in [4.69, 9.17) is 0 Å². The lowest BCUT2D eigenvalue weighted by atomic mass is 10.1. The first-order valence-corrected chi connectivity index (χ1v) is 6.48. The SMILES string of the molecule is CSc1c(C)cc(C)c(SC)c1O. The Bertz CT molecular complexity index is 293. The summed E-state index contributed by atoms with van der Waals surface area (Å²) >= 11 is 3.19. The molecule has 0 aliphatic carbocycles. The molecule has 0 aliphatic heterocycles. The van der Waals surface area contributed by atoms with Crippen molar-refractivity contribution >= 4 is 23.5 Å². The molecular formula is C10H14OS2. The summed E-state index contributed by atoms with van der Waals surface area (Å²) in [5.74, 6) is 0.442. The van der Waals surface area contributed by atoms with Gasteiger partial charge in [-0.2, -0.15) is 0 Å². The molecule has 1 aromatic rings. The lowest BCUT2D eigenvalue weighted by molar-refractivity contribution is 0.447. The predicted molar refractivity (Wildman–Crippen MR) is 61.1 cm³/mol. The monoisotopic (exact) mass is 214 g/mol. The van der Waals surface area contributed by atoms with Crippen LogP contribution in [0.15, 0.2) is 15.9 Å². The highest BCUT2D eigenvalue weighted by Crippen LogP contribution is 2.39. The van der Waals surface area contributed by atoms with Crippen molar-refractivity contribution in [3.05, 3.63) is 17.2 Å². The Morgan fingerprint density at radius 1 is 1.00 bits per heavy atom. The summed E-state index contributed by atoms with van der Waals surface area (Å²) < 4.78 is 0. The molecule has 1 nitrogen and oxygen atoms in total. The number of benzene rings is 1. The minimum absolute atomic E-state index is 0.442. The van der Waals surface area contributed by atoms with E-state index < -0.39 is 0 Å². The molecule has 0 spiro atoms. The van der Waals surface area contributed by atoms with E-state index in [-0.39, 0.29) is 0 Å². The smallest absolute Gasteiger partial charge is 0.143 e. The minimum atomic E-state index is 0.442. The summed E-state index contributed by atoms with van der Waals surface area (Å²) in [6.07, 6.45) is 3.98. The Morgan fingerprint density at radius 2 is 1.38 bits per heavy atom. The Balaban J connectivity index is 3.39. The van der Waals surface area contributed by atoms with Gasteiger partial charge in [-0.25, -0.2) is 0 Å². The summed E-state index contributed by atoms with van der Waals surface area (Å²) in [7, 11) is 0. The molecule has 3 heteroatoms. The summed E-state index contributed by atoms with van der Waals surface area (Å²) in [5, 5.41) is 9.91. The number of phenolic OH excluding ortho intramolecular Hbond substituents is 1. The molecule has 0 fully saturated rings. The number of aromatic hydroxyl groups is 1. The van der Waals surface area contributed by atoms with Gasteiger partial charge in [0.2, 0.25) is 0 Å². The summed E-state index contributed by atoms with van der Waals surface area (Å²) in [4.78, 5) is 1.99. The number of hydrogen-bond donors (Lipinski definition) is 1. The van der Waals surface area contributed by atoms with Crippen molar-refractivity contribution < 1.29 is 5.11 Å². The van der Waals surface area contributed by atoms with Crippen LogP contribution in [0.3, 0.4) is 0 Å². The molecule has 0 aliphatic rings. The summed E-state index contributed by atoms with van der Waals surface area (Å²) in [6.45, 7) is 4.06. The highest BCUT2D eigenvalue weighted by molar-refractivity contribution is 7.99. The molecule has 0 aromatic heterocycles. The molecule has 72 valence electrons. The average Bonchev–Trinajstić information content (AvgIpc) is 2.04. The average molecular weight is 214 g/mol. The van der Waals surface area contributed by atoms with Gasteiger partial charge in [0.15, 0.2) is 0 Å². The van der Waals surface area contributed by atoms with Crippen molar-refractivity contribution in [2.45, 2.75) is 23.6 Å². The van der Waals surface area contributed by atoms with Gasteiger partial charge in [0, 0.05) is 0 Å². The number of hydrogen-bond acceptors (Lipinski definition) is 3. The minimum Gasteiger partial charge on any atom is -0.506 e. The van der Waals surface area contributed by atoms with Crippen LogP contribution in [-0.2, 0) is 0 Å². The van der Waals surface area contributed by atoms with Crippen LogP contribution < -0.4 is 0 Å². The highest BCUT2D eigenvalue weighted by Gasteiger charge is 2.11. The van der Waals surface area contributed by atoms with Gasteiger partial charge >= 0.3 is 0 Å². The molecular weight excluding hydrogens is 200 g/mol. The van der Waals surface area contributed by atoms with E-state index in [0.29, 0.717) is 5.75 Å². The van der Waals surface area contributed by atoms with Crippen molar-refractivity contribution in [3.8, 4) is 5.75 Å². The van der Waals surface area contributed by atoms with E-state index >= 15 is 0 Å². The Kier molecular flexibility index (Phi) is 3.56. The third kappa shape index (κ3) is 1.97. The lowest BCUT2D eigenvalue weighted by Gasteiger charge is -2.12. The highest BCUT2D eigenvalue weighted by atomic mass is 32.2. The van der Waals surface area contributed by atoms with Gasteiger partial charge in [-0.3, -0.25) is 0 Å². The molecule has 1 aromatic carbocycles. The standard InChI is InChI=1S/C10H14OS2/c1-6-5-7(2)10(13-4)8(11)9(6)12-3/h5,11H,1-4H3. The normalized spacial score (nSPS) is 10.5. The van der Waals surface area contributed by atoms with Crippen LogP contribution in [0.4, 0.5) is 0 Å². The largest absolute Gasteiger partial charge is 0.506 e. The molecule has 0 atom stereocenters. The fraction of sp³-hybridized carbons (Fsp3) is 0.400. The molecule has 1 N–H and O–H groups in total. The van der Waals surface area contributed by atoms with Gasteiger partial charge in [0.1, 0.15) is 5.75 Å². The molecule has 0 amide bonds. The van der Waals surface area contributed by atoms with Crippen molar-refractivity contribution in [1.29, 1.82) is 0 Å². The van der Waals surface area contributed by atoms with Crippen molar-refractivity contribution in [2.75, 3.05) is 12.5 Å². The van der Waals surface area contributed by atoms with E-state index in [9.17, 15) is 5.11 Å². The predicted octanol–water partition coefficient (Wildman–Crippen LogP) is 3.45. The first-order chi connectivity index (χ1) is 6.11. The van der Waals surface area contributed by atoms with Crippen molar-refractivity contribution in [3.63, 3.8) is 0 Å². The molecule has 0 heterocycles. The zero-order valence-corrected chi connectivity index (χ0v) is 9.97. The molecule has 0 saturated heterocycles. The second kappa shape index (κ2) is 4.29. The van der Waals surface area contributed by atoms with Gasteiger partial charge in [0.05, 0.1) is 9.79 Å². The number of phenols is 1. The number of rotatable bonds is 2. The Labute approximate surface area is 87.9 Å². The van der Waals surface area contributed by atoms with Crippen LogP contribution in [0.1, 0.15) is 11.1 Å². The fourth-order valence-corrected chi connectivity index (χ4v) is 2.87. The maximum absolute atomic E-state index is 9.91. The van der Waals surface area contributed by atoms with Gasteiger partial charge in [-0.15, -0.1) is 23.5 Å². The van der Waals surface area contributed by atoms with Crippen molar-refractivity contribution in [2.24, 2.45) is 0 Å². The third-order valence-corrected chi connectivity index (χ3v) is 3.83. The first kappa shape index (κ1) is 10.8. The van der Waals surface area contributed by atoms with Crippen LogP contribution in [-0.4, -0.2) is 17.6 Å². The van der Waals surface area contributed by atoms with Gasteiger partial charge in [-0.1, -0.05) is 6.07 Å². The molecule has 13 heavy (non-hydrogen) atoms. The van der Waals surface area contributed by atoms with Crippen LogP contribution in [0.2, 0.25) is 0 Å². The lowest BCUT2D eigenvalue weighted by Crippen LogP contribution is -1.87. The van der Waals surface area contributed by atoms with Gasteiger partial charge in [0.25, 0.3) is 0 Å². The summed E-state index contributed by atoms with van der Waals surface area (Å²) in [6, 6.07) is 2.12. The van der Waals surface area contributed by atoms with Crippen LogP contribution in [0, 0.1) is 13.8 Å². The molecule has 0 radical (unpaired) electrons. The zero-order valence-electron chi connectivity index (χ0n) is 8.34. The number of aryl methyl sites for hydroxylation is 2. The van der Waals surface area contributed by atoms with E-state index in [0.717, 1.165) is 20.9 Å². The molecule has 1 rings (SSSR count). The van der Waals surface area contributed by atoms with Crippen molar-refractivity contribution in [1.82, 2.24) is 0 Å². The second-order valence-electron chi connectivity index (χ2n) is 2.93.